The van der Waals surface area contributed by atoms with Crippen molar-refractivity contribution in [2.45, 2.75) is 6.18 Å². The summed E-state index contributed by atoms with van der Waals surface area (Å²) in [5.74, 6) is -3.64. The molecule has 1 heterocycles. The molecule has 0 aliphatic carbocycles. The third-order valence-corrected chi connectivity index (χ3v) is 2.81. The Labute approximate surface area is 110 Å². The fraction of sp³-hybridized carbons (Fsp3) is 0.167. The Kier molecular flexibility index (Phi) is 3.16. The van der Waals surface area contributed by atoms with Gasteiger partial charge in [-0.05, 0) is 6.07 Å². The molecule has 0 aliphatic heterocycles. The van der Waals surface area contributed by atoms with Crippen molar-refractivity contribution in [3.8, 4) is 0 Å². The first-order chi connectivity index (χ1) is 9.23. The van der Waals surface area contributed by atoms with Gasteiger partial charge in [0.2, 0.25) is 0 Å². The van der Waals surface area contributed by atoms with Gasteiger partial charge >= 0.3 is 18.1 Å². The average Bonchev–Trinajstić information content (AvgIpc) is 2.62. The molecule has 20 heavy (non-hydrogen) atoms. The Balaban J connectivity index is 2.65. The SMILES string of the molecule is Cn1c(C(=O)O)c(NC(=O)C(F)(F)F)c2ccccc21. The molecule has 1 aromatic heterocycles. The molecule has 0 unspecified atom stereocenters. The van der Waals surface area contributed by atoms with E-state index in [1.165, 1.54) is 23.7 Å². The van der Waals surface area contributed by atoms with Gasteiger partial charge in [0.05, 0.1) is 11.2 Å². The number of aryl methyl sites for hydroxylation is 1. The van der Waals surface area contributed by atoms with Crippen LogP contribution in [0.5, 0.6) is 0 Å². The van der Waals surface area contributed by atoms with Crippen molar-refractivity contribution in [3.63, 3.8) is 0 Å². The standard InChI is InChI=1S/C12H9F3N2O3/c1-17-7-5-3-2-4-6(7)8(9(17)10(18)19)16-11(20)12(13,14)15/h2-5H,1H3,(H,16,20)(H,18,19). The molecule has 0 fully saturated rings. The number of rotatable bonds is 2. The summed E-state index contributed by atoms with van der Waals surface area (Å²) in [5.41, 5.74) is -0.371. The van der Waals surface area contributed by atoms with E-state index in [1.807, 2.05) is 0 Å². The number of hydrogen-bond acceptors (Lipinski definition) is 2. The number of benzene rings is 1. The number of nitrogens with zero attached hydrogens (tertiary/aromatic N) is 1. The molecule has 2 rings (SSSR count). The zero-order valence-electron chi connectivity index (χ0n) is 10.2. The molecule has 0 saturated heterocycles. The van der Waals surface area contributed by atoms with E-state index < -0.39 is 23.7 Å². The van der Waals surface area contributed by atoms with Gasteiger partial charge in [0.15, 0.2) is 5.69 Å². The second-order valence-electron chi connectivity index (χ2n) is 4.06. The highest BCUT2D eigenvalue weighted by Gasteiger charge is 2.40. The number of fused-ring (bicyclic) bond motifs is 1. The van der Waals surface area contributed by atoms with E-state index in [9.17, 15) is 22.8 Å². The molecule has 5 nitrogen and oxygen atoms in total. The van der Waals surface area contributed by atoms with Crippen molar-refractivity contribution in [3.05, 3.63) is 30.0 Å². The third kappa shape index (κ3) is 2.20. The lowest BCUT2D eigenvalue weighted by Gasteiger charge is -2.08. The number of carbonyl (C=O) groups is 2. The van der Waals surface area contributed by atoms with Crippen molar-refractivity contribution in [1.82, 2.24) is 4.57 Å². The molecular weight excluding hydrogens is 277 g/mol. The number of carbonyl (C=O) groups excluding carboxylic acids is 1. The zero-order valence-corrected chi connectivity index (χ0v) is 10.2. The van der Waals surface area contributed by atoms with E-state index in [0.717, 1.165) is 0 Å². The van der Waals surface area contributed by atoms with Gasteiger partial charge in [-0.3, -0.25) is 4.79 Å². The van der Waals surface area contributed by atoms with Crippen LogP contribution in [-0.4, -0.2) is 27.7 Å². The Morgan fingerprint density at radius 2 is 1.85 bits per heavy atom. The van der Waals surface area contributed by atoms with Gasteiger partial charge in [0.1, 0.15) is 0 Å². The minimum atomic E-state index is -5.09. The minimum absolute atomic E-state index is 0.227. The number of halogens is 3. The van der Waals surface area contributed by atoms with Gasteiger partial charge in [-0.1, -0.05) is 18.2 Å². The predicted octanol–water partition coefficient (Wildman–Crippen LogP) is 2.38. The first kappa shape index (κ1) is 13.9. The maximum absolute atomic E-state index is 12.3. The van der Waals surface area contributed by atoms with E-state index in [0.29, 0.717) is 5.52 Å². The maximum Gasteiger partial charge on any atom is 0.471 e. The van der Waals surface area contributed by atoms with Gasteiger partial charge in [0, 0.05) is 12.4 Å². The molecule has 2 aromatic rings. The highest BCUT2D eigenvalue weighted by atomic mass is 19.4. The molecule has 0 radical (unpaired) electrons. The Morgan fingerprint density at radius 1 is 1.25 bits per heavy atom. The summed E-state index contributed by atoms with van der Waals surface area (Å²) in [6.07, 6.45) is -5.09. The number of amides is 1. The summed E-state index contributed by atoms with van der Waals surface area (Å²) in [5, 5.41) is 11.0. The largest absolute Gasteiger partial charge is 0.477 e. The molecule has 0 saturated carbocycles. The van der Waals surface area contributed by atoms with Crippen LogP contribution in [0.25, 0.3) is 10.9 Å². The second-order valence-corrected chi connectivity index (χ2v) is 4.06. The van der Waals surface area contributed by atoms with Crippen LogP contribution in [0.3, 0.4) is 0 Å². The summed E-state index contributed by atoms with van der Waals surface area (Å²) < 4.78 is 38.1. The van der Waals surface area contributed by atoms with Crippen LogP contribution >= 0.6 is 0 Å². The van der Waals surface area contributed by atoms with Crippen LogP contribution in [-0.2, 0) is 11.8 Å². The molecule has 2 N–H and O–H groups in total. The van der Waals surface area contributed by atoms with Gasteiger partial charge in [-0.15, -0.1) is 0 Å². The Bertz CT molecular complexity index is 704. The molecule has 8 heteroatoms. The third-order valence-electron chi connectivity index (χ3n) is 2.81. The van der Waals surface area contributed by atoms with E-state index in [1.54, 1.807) is 17.4 Å². The van der Waals surface area contributed by atoms with E-state index in [4.69, 9.17) is 5.11 Å². The highest BCUT2D eigenvalue weighted by Crippen LogP contribution is 2.31. The number of carboxylic acid groups (broad SMARTS) is 1. The van der Waals surface area contributed by atoms with Crippen molar-refractivity contribution >= 4 is 28.5 Å². The number of aromatic nitrogens is 1. The molecule has 1 amide bonds. The monoisotopic (exact) mass is 286 g/mol. The smallest absolute Gasteiger partial charge is 0.471 e. The second kappa shape index (κ2) is 4.55. The van der Waals surface area contributed by atoms with Gasteiger partial charge in [0.25, 0.3) is 0 Å². The quantitative estimate of drug-likeness (QED) is 0.890. The topological polar surface area (TPSA) is 71.3 Å². The number of nitrogens with one attached hydrogen (secondary N) is 1. The molecular formula is C12H9F3N2O3. The first-order valence-corrected chi connectivity index (χ1v) is 5.42. The summed E-state index contributed by atoms with van der Waals surface area (Å²) in [7, 11) is 1.40. The number of hydrogen-bond donors (Lipinski definition) is 2. The lowest BCUT2D eigenvalue weighted by molar-refractivity contribution is -0.167. The van der Waals surface area contributed by atoms with Crippen LogP contribution in [0.15, 0.2) is 24.3 Å². The fourth-order valence-corrected chi connectivity index (χ4v) is 1.95. The van der Waals surface area contributed by atoms with Crippen molar-refractivity contribution in [2.75, 3.05) is 5.32 Å². The van der Waals surface area contributed by atoms with Gasteiger partial charge in [-0.25, -0.2) is 4.79 Å². The van der Waals surface area contributed by atoms with Crippen LogP contribution < -0.4 is 5.32 Å². The maximum atomic E-state index is 12.3. The summed E-state index contributed by atoms with van der Waals surface area (Å²) in [6.45, 7) is 0. The first-order valence-electron chi connectivity index (χ1n) is 5.42. The summed E-state index contributed by atoms with van der Waals surface area (Å²) >= 11 is 0. The fourth-order valence-electron chi connectivity index (χ4n) is 1.95. The van der Waals surface area contributed by atoms with Crippen molar-refractivity contribution in [1.29, 1.82) is 0 Å². The predicted molar refractivity (Wildman–Crippen MR) is 64.6 cm³/mol. The van der Waals surface area contributed by atoms with Crippen molar-refractivity contribution in [2.24, 2.45) is 7.05 Å². The summed E-state index contributed by atoms with van der Waals surface area (Å²) in [4.78, 5) is 22.2. The van der Waals surface area contributed by atoms with Crippen LogP contribution in [0.4, 0.5) is 18.9 Å². The molecule has 0 bridgehead atoms. The average molecular weight is 286 g/mol. The normalized spacial score (nSPS) is 11.6. The molecule has 0 atom stereocenters. The van der Waals surface area contributed by atoms with Gasteiger partial charge in [-0.2, -0.15) is 13.2 Å². The Hall–Kier alpha value is -2.51. The lowest BCUT2D eigenvalue weighted by atomic mass is 10.2. The number of carboxylic acids is 1. The number of anilines is 1. The minimum Gasteiger partial charge on any atom is -0.477 e. The number of para-hydroxylation sites is 1. The van der Waals surface area contributed by atoms with Crippen LogP contribution in [0, 0.1) is 0 Å². The molecule has 1 aromatic carbocycles. The highest BCUT2D eigenvalue weighted by molar-refractivity contribution is 6.11. The number of aromatic carboxylic acids is 1. The van der Waals surface area contributed by atoms with Gasteiger partial charge < -0.3 is 15.0 Å². The molecule has 0 spiro atoms. The van der Waals surface area contributed by atoms with E-state index in [-0.39, 0.29) is 11.1 Å². The number of alkyl halides is 3. The van der Waals surface area contributed by atoms with Crippen LogP contribution in [0.1, 0.15) is 10.5 Å². The van der Waals surface area contributed by atoms with Crippen LogP contribution in [0.2, 0.25) is 0 Å². The zero-order chi connectivity index (χ0) is 15.1. The lowest BCUT2D eigenvalue weighted by Crippen LogP contribution is -2.30. The van der Waals surface area contributed by atoms with E-state index in [2.05, 4.69) is 0 Å². The van der Waals surface area contributed by atoms with E-state index >= 15 is 0 Å². The Morgan fingerprint density at radius 3 is 2.40 bits per heavy atom. The van der Waals surface area contributed by atoms with Crippen molar-refractivity contribution < 1.29 is 27.9 Å². The molecule has 106 valence electrons. The molecule has 0 aliphatic rings. The summed E-state index contributed by atoms with van der Waals surface area (Å²) in [6, 6.07) is 6.14.